The van der Waals surface area contributed by atoms with Crippen LogP contribution >= 0.6 is 0 Å². The highest BCUT2D eigenvalue weighted by Crippen LogP contribution is 2.24. The van der Waals surface area contributed by atoms with Crippen LogP contribution in [0.15, 0.2) is 30.5 Å². The van der Waals surface area contributed by atoms with Crippen LogP contribution < -0.4 is 5.32 Å². The number of nitrogens with zero attached hydrogens (tertiary/aromatic N) is 1. The minimum absolute atomic E-state index is 0.0455. The first kappa shape index (κ1) is 12.6. The maximum absolute atomic E-state index is 11.0. The number of hydrogen-bond donors (Lipinski definition) is 2. The predicted molar refractivity (Wildman–Crippen MR) is 71.6 cm³/mol. The Morgan fingerprint density at radius 3 is 2.83 bits per heavy atom. The number of phenolic OH excluding ortho intramolecular Hbond substituents is 1. The number of anilines is 1. The lowest BCUT2D eigenvalue weighted by Crippen LogP contribution is -2.14. The van der Waals surface area contributed by atoms with Gasteiger partial charge >= 0.3 is 0 Å². The van der Waals surface area contributed by atoms with Gasteiger partial charge in [0.1, 0.15) is 21.4 Å². The van der Waals surface area contributed by atoms with Crippen LogP contribution in [0.25, 0.3) is 10.8 Å². The fourth-order valence-corrected chi connectivity index (χ4v) is 2.12. The van der Waals surface area contributed by atoms with Gasteiger partial charge < -0.3 is 10.4 Å². The molecule has 2 aromatic rings. The molecule has 0 aliphatic heterocycles. The summed E-state index contributed by atoms with van der Waals surface area (Å²) in [6, 6.07) is 6.82. The SMILES string of the molecule is CS(=O)(=O)CCNc1nccc2ccc(O)cc12. The van der Waals surface area contributed by atoms with E-state index in [0.717, 1.165) is 10.8 Å². The van der Waals surface area contributed by atoms with E-state index in [-0.39, 0.29) is 11.5 Å². The highest BCUT2D eigenvalue weighted by Gasteiger charge is 2.05. The van der Waals surface area contributed by atoms with Crippen molar-refractivity contribution in [3.63, 3.8) is 0 Å². The number of pyridine rings is 1. The number of phenols is 1. The third-order valence-electron chi connectivity index (χ3n) is 2.52. The monoisotopic (exact) mass is 266 g/mol. The van der Waals surface area contributed by atoms with Crippen molar-refractivity contribution < 1.29 is 13.5 Å². The van der Waals surface area contributed by atoms with E-state index in [1.165, 1.54) is 6.26 Å². The van der Waals surface area contributed by atoms with E-state index in [1.807, 2.05) is 6.07 Å². The fourth-order valence-electron chi connectivity index (χ4n) is 1.65. The molecule has 1 aromatic carbocycles. The zero-order valence-corrected chi connectivity index (χ0v) is 10.7. The molecule has 0 bridgehead atoms. The first-order chi connectivity index (χ1) is 8.46. The van der Waals surface area contributed by atoms with Crippen LogP contribution in [0.1, 0.15) is 0 Å². The molecule has 0 aliphatic carbocycles. The molecule has 0 saturated carbocycles. The molecule has 0 unspecified atom stereocenters. The molecule has 6 heteroatoms. The molecule has 0 fully saturated rings. The molecule has 0 amide bonds. The van der Waals surface area contributed by atoms with Crippen molar-refractivity contribution in [2.75, 3.05) is 23.9 Å². The van der Waals surface area contributed by atoms with Gasteiger partial charge in [-0.1, -0.05) is 6.07 Å². The highest BCUT2D eigenvalue weighted by atomic mass is 32.2. The van der Waals surface area contributed by atoms with Gasteiger partial charge in [-0.15, -0.1) is 0 Å². The van der Waals surface area contributed by atoms with Crippen molar-refractivity contribution in [2.24, 2.45) is 0 Å². The lowest BCUT2D eigenvalue weighted by molar-refractivity contribution is 0.476. The van der Waals surface area contributed by atoms with Crippen LogP contribution in [0.5, 0.6) is 5.75 Å². The molecule has 0 spiro atoms. The predicted octanol–water partition coefficient (Wildman–Crippen LogP) is 1.40. The first-order valence-corrected chi connectivity index (χ1v) is 7.51. The fraction of sp³-hybridized carbons (Fsp3) is 0.250. The summed E-state index contributed by atoms with van der Waals surface area (Å²) in [7, 11) is -3.00. The number of sulfone groups is 1. The van der Waals surface area contributed by atoms with Gasteiger partial charge in [-0.05, 0) is 23.6 Å². The third kappa shape index (κ3) is 3.10. The van der Waals surface area contributed by atoms with Gasteiger partial charge in [0.05, 0.1) is 5.75 Å². The Kier molecular flexibility index (Phi) is 3.38. The van der Waals surface area contributed by atoms with Gasteiger partial charge in [0.2, 0.25) is 0 Å². The van der Waals surface area contributed by atoms with Crippen molar-refractivity contribution in [1.82, 2.24) is 4.98 Å². The molecule has 0 atom stereocenters. The van der Waals surface area contributed by atoms with Crippen LogP contribution in [0, 0.1) is 0 Å². The zero-order valence-electron chi connectivity index (χ0n) is 9.92. The summed E-state index contributed by atoms with van der Waals surface area (Å²) in [5.41, 5.74) is 0. The molecule has 0 radical (unpaired) electrons. The van der Waals surface area contributed by atoms with Crippen molar-refractivity contribution in [3.8, 4) is 5.75 Å². The number of rotatable bonds is 4. The highest BCUT2D eigenvalue weighted by molar-refractivity contribution is 7.90. The zero-order chi connectivity index (χ0) is 13.2. The molecule has 0 saturated heterocycles. The lowest BCUT2D eigenvalue weighted by atomic mass is 10.1. The molecular weight excluding hydrogens is 252 g/mol. The van der Waals surface area contributed by atoms with Gasteiger partial charge in [-0.3, -0.25) is 0 Å². The van der Waals surface area contributed by atoms with E-state index in [2.05, 4.69) is 10.3 Å². The Hall–Kier alpha value is -1.82. The average molecular weight is 266 g/mol. The minimum atomic E-state index is -3.00. The van der Waals surface area contributed by atoms with Gasteiger partial charge in [-0.25, -0.2) is 13.4 Å². The Bertz CT molecular complexity index is 668. The lowest BCUT2D eigenvalue weighted by Gasteiger charge is -2.08. The quantitative estimate of drug-likeness (QED) is 0.874. The molecule has 18 heavy (non-hydrogen) atoms. The number of nitrogens with one attached hydrogen (secondary N) is 1. The minimum Gasteiger partial charge on any atom is -0.508 e. The topological polar surface area (TPSA) is 79.3 Å². The van der Waals surface area contributed by atoms with Crippen molar-refractivity contribution in [1.29, 1.82) is 0 Å². The Labute approximate surface area is 105 Å². The third-order valence-corrected chi connectivity index (χ3v) is 3.46. The van der Waals surface area contributed by atoms with Gasteiger partial charge in [0.25, 0.3) is 0 Å². The van der Waals surface area contributed by atoms with E-state index in [9.17, 15) is 13.5 Å². The summed E-state index contributed by atoms with van der Waals surface area (Å²) in [5.74, 6) is 0.776. The van der Waals surface area contributed by atoms with Crippen molar-refractivity contribution in [2.45, 2.75) is 0 Å². The summed E-state index contributed by atoms with van der Waals surface area (Å²) < 4.78 is 22.1. The van der Waals surface area contributed by atoms with Crippen molar-refractivity contribution >= 4 is 26.4 Å². The Balaban J connectivity index is 2.25. The molecule has 5 nitrogen and oxygen atoms in total. The largest absolute Gasteiger partial charge is 0.508 e. The van der Waals surface area contributed by atoms with Crippen molar-refractivity contribution in [3.05, 3.63) is 30.5 Å². The van der Waals surface area contributed by atoms with Gasteiger partial charge in [-0.2, -0.15) is 0 Å². The second-order valence-corrected chi connectivity index (χ2v) is 6.38. The normalized spacial score (nSPS) is 11.6. The molecule has 0 aliphatic rings. The Morgan fingerprint density at radius 2 is 2.11 bits per heavy atom. The van der Waals surface area contributed by atoms with Gasteiger partial charge in [0, 0.05) is 24.4 Å². The summed E-state index contributed by atoms with van der Waals surface area (Å²) >= 11 is 0. The first-order valence-electron chi connectivity index (χ1n) is 5.45. The molecule has 96 valence electrons. The number of hydrogen-bond acceptors (Lipinski definition) is 5. The Morgan fingerprint density at radius 1 is 1.33 bits per heavy atom. The molecule has 2 N–H and O–H groups in total. The summed E-state index contributed by atoms with van der Waals surface area (Å²) in [5, 5.41) is 14.1. The number of benzene rings is 1. The second kappa shape index (κ2) is 4.81. The van der Waals surface area contributed by atoms with E-state index in [0.29, 0.717) is 12.4 Å². The number of aromatic hydroxyl groups is 1. The summed E-state index contributed by atoms with van der Waals surface area (Å²) in [4.78, 5) is 4.15. The van der Waals surface area contributed by atoms with Crippen LogP contribution in [0.2, 0.25) is 0 Å². The molecule has 2 rings (SSSR count). The van der Waals surface area contributed by atoms with E-state index in [4.69, 9.17) is 0 Å². The van der Waals surface area contributed by atoms with E-state index in [1.54, 1.807) is 24.4 Å². The maximum Gasteiger partial charge on any atom is 0.149 e. The summed E-state index contributed by atoms with van der Waals surface area (Å²) in [6.45, 7) is 0.292. The van der Waals surface area contributed by atoms with Crippen LogP contribution in [-0.2, 0) is 9.84 Å². The summed E-state index contributed by atoms with van der Waals surface area (Å²) in [6.07, 6.45) is 2.83. The smallest absolute Gasteiger partial charge is 0.149 e. The number of aromatic nitrogens is 1. The van der Waals surface area contributed by atoms with Crippen LogP contribution in [0.4, 0.5) is 5.82 Å². The molecule has 1 aromatic heterocycles. The molecule has 1 heterocycles. The molecular formula is C12H14N2O3S. The number of fused-ring (bicyclic) bond motifs is 1. The second-order valence-electron chi connectivity index (χ2n) is 4.12. The standard InChI is InChI=1S/C12H14N2O3S/c1-18(16,17)7-6-14-12-11-8-10(15)3-2-9(11)4-5-13-12/h2-5,8,15H,6-7H2,1H3,(H,13,14). The van der Waals surface area contributed by atoms with E-state index >= 15 is 0 Å². The van der Waals surface area contributed by atoms with Crippen LogP contribution in [-0.4, -0.2) is 37.1 Å². The van der Waals surface area contributed by atoms with Gasteiger partial charge in [0.15, 0.2) is 0 Å². The average Bonchev–Trinajstić information content (AvgIpc) is 2.28. The maximum atomic E-state index is 11.0. The van der Waals surface area contributed by atoms with E-state index < -0.39 is 9.84 Å². The van der Waals surface area contributed by atoms with Crippen LogP contribution in [0.3, 0.4) is 0 Å².